The Labute approximate surface area is 310 Å². The molecule has 4 heteroatoms. The summed E-state index contributed by atoms with van der Waals surface area (Å²) < 4.78 is 9.34. The fraction of sp³-hybridized carbons (Fsp3) is 0.102. The molecule has 7 aromatic carbocycles. The van der Waals surface area contributed by atoms with Gasteiger partial charge in [-0.15, -0.1) is 0 Å². The molecule has 2 aromatic heterocycles. The van der Waals surface area contributed by atoms with Crippen LogP contribution in [0.1, 0.15) is 31.9 Å². The van der Waals surface area contributed by atoms with Gasteiger partial charge in [-0.05, 0) is 76.5 Å². The maximum Gasteiger partial charge on any atom is 0.198 e. The van der Waals surface area contributed by atoms with Crippen LogP contribution in [0.2, 0.25) is 0 Å². The molecule has 10 rings (SSSR count). The van der Waals surface area contributed by atoms with Crippen molar-refractivity contribution < 1.29 is 4.42 Å². The predicted octanol–water partition coefficient (Wildman–Crippen LogP) is 11.8. The normalized spacial score (nSPS) is 12.3. The molecule has 0 saturated heterocycles. The standard InChI is InChI=1S/C49H38BN2O/c1-30-27-37(35-19-11-13-21-40(35)51-34-25-23-33(24-26-34)49(2,3)4)46-47-44(30)36-20-12-14-22-41(36)52(47)42-28-38-43(29-39(42)50-46)53-48(32-17-9-6-10-18-32)45(38)31-15-7-5-8-16-31/h5-29,51H,1-4H3. The Hall–Kier alpha value is -6.26. The average molecular weight is 682 g/mol. The summed E-state index contributed by atoms with van der Waals surface area (Å²) >= 11 is 0. The first-order valence-corrected chi connectivity index (χ1v) is 18.4. The molecule has 3 heterocycles. The average Bonchev–Trinajstić information content (AvgIpc) is 3.73. The van der Waals surface area contributed by atoms with Gasteiger partial charge in [-0.1, -0.05) is 141 Å². The fourth-order valence-electron chi connectivity index (χ4n) is 8.34. The number of anilines is 2. The van der Waals surface area contributed by atoms with Gasteiger partial charge in [-0.25, -0.2) is 0 Å². The molecule has 3 nitrogen and oxygen atoms in total. The minimum Gasteiger partial charge on any atom is -0.455 e. The van der Waals surface area contributed by atoms with Crippen molar-refractivity contribution in [2.45, 2.75) is 33.1 Å². The SMILES string of the molecule is Cc1cc(-c2ccccc2Nc2ccc(C(C)(C)C)cc2)c2c3c1c1ccccc1n3-c1cc3c(-c4ccccc4)c(-c4ccccc4)oc3cc1[B]2. The van der Waals surface area contributed by atoms with Gasteiger partial charge >= 0.3 is 0 Å². The van der Waals surface area contributed by atoms with Crippen LogP contribution < -0.4 is 16.2 Å². The van der Waals surface area contributed by atoms with Gasteiger partial charge in [0.05, 0.1) is 5.52 Å². The van der Waals surface area contributed by atoms with Crippen LogP contribution in [0.15, 0.2) is 156 Å². The first-order valence-electron chi connectivity index (χ1n) is 18.4. The van der Waals surface area contributed by atoms with E-state index in [1.807, 2.05) is 0 Å². The molecule has 0 unspecified atom stereocenters. The third-order valence-corrected chi connectivity index (χ3v) is 10.9. The third-order valence-electron chi connectivity index (χ3n) is 10.9. The first kappa shape index (κ1) is 31.5. The van der Waals surface area contributed by atoms with Crippen LogP contribution in [0.4, 0.5) is 11.4 Å². The molecule has 0 bridgehead atoms. The molecule has 1 aliphatic rings. The number of nitrogens with zero attached hydrogens (tertiary/aromatic N) is 1. The van der Waals surface area contributed by atoms with Crippen molar-refractivity contribution in [3.05, 3.63) is 163 Å². The lowest BCUT2D eigenvalue weighted by atomic mass is 9.58. The maximum atomic E-state index is 6.85. The lowest BCUT2D eigenvalue weighted by molar-refractivity contribution is 0.590. The summed E-state index contributed by atoms with van der Waals surface area (Å²) in [7, 11) is 2.38. The Morgan fingerprint density at radius 1 is 0.642 bits per heavy atom. The molecule has 9 aromatic rings. The van der Waals surface area contributed by atoms with Crippen molar-refractivity contribution >= 4 is 62.4 Å². The van der Waals surface area contributed by atoms with Crippen molar-refractivity contribution in [3.8, 4) is 39.3 Å². The first-order chi connectivity index (χ1) is 25.8. The van der Waals surface area contributed by atoms with Gasteiger partial charge in [0.15, 0.2) is 7.28 Å². The van der Waals surface area contributed by atoms with Gasteiger partial charge in [-0.3, -0.25) is 0 Å². The number of hydrogen-bond donors (Lipinski definition) is 1. The molecule has 1 aliphatic heterocycles. The molecule has 0 spiro atoms. The molecule has 0 atom stereocenters. The van der Waals surface area contributed by atoms with Crippen LogP contribution >= 0.6 is 0 Å². The zero-order valence-electron chi connectivity index (χ0n) is 30.4. The molecule has 53 heavy (non-hydrogen) atoms. The second kappa shape index (κ2) is 11.9. The number of furan rings is 1. The van der Waals surface area contributed by atoms with Gasteiger partial charge in [-0.2, -0.15) is 0 Å². The zero-order valence-corrected chi connectivity index (χ0v) is 30.4. The molecule has 0 fully saturated rings. The van der Waals surface area contributed by atoms with Crippen LogP contribution in [0.25, 0.3) is 72.0 Å². The van der Waals surface area contributed by atoms with Crippen LogP contribution in [0, 0.1) is 6.92 Å². The van der Waals surface area contributed by atoms with E-state index in [9.17, 15) is 0 Å². The summed E-state index contributed by atoms with van der Waals surface area (Å²) in [5.74, 6) is 0.890. The summed E-state index contributed by atoms with van der Waals surface area (Å²) in [4.78, 5) is 0. The number of rotatable bonds is 5. The summed E-state index contributed by atoms with van der Waals surface area (Å²) in [5, 5.41) is 7.44. The smallest absolute Gasteiger partial charge is 0.198 e. The van der Waals surface area contributed by atoms with Crippen LogP contribution in [-0.2, 0) is 5.41 Å². The van der Waals surface area contributed by atoms with Crippen molar-refractivity contribution in [1.82, 2.24) is 4.57 Å². The van der Waals surface area contributed by atoms with Crippen molar-refractivity contribution in [3.63, 3.8) is 0 Å². The van der Waals surface area contributed by atoms with E-state index in [-0.39, 0.29) is 5.41 Å². The number of nitrogens with one attached hydrogen (secondary N) is 1. The van der Waals surface area contributed by atoms with Crippen molar-refractivity contribution in [2.24, 2.45) is 0 Å². The second-order valence-electron chi connectivity index (χ2n) is 15.3. The monoisotopic (exact) mass is 681 g/mol. The Balaban J connectivity index is 1.21. The highest BCUT2D eigenvalue weighted by Crippen LogP contribution is 2.44. The number of hydrogen-bond acceptors (Lipinski definition) is 2. The quantitative estimate of drug-likeness (QED) is 0.183. The fourth-order valence-corrected chi connectivity index (χ4v) is 8.34. The Morgan fingerprint density at radius 2 is 1.32 bits per heavy atom. The number of benzene rings is 7. The third kappa shape index (κ3) is 5.04. The Morgan fingerprint density at radius 3 is 2.08 bits per heavy atom. The number of aromatic nitrogens is 1. The highest BCUT2D eigenvalue weighted by molar-refractivity contribution is 6.73. The van der Waals surface area contributed by atoms with E-state index in [2.05, 4.69) is 197 Å². The Kier molecular flexibility index (Phi) is 7.07. The van der Waals surface area contributed by atoms with Crippen LogP contribution in [-0.4, -0.2) is 11.8 Å². The minimum absolute atomic E-state index is 0.101. The summed E-state index contributed by atoms with van der Waals surface area (Å²) in [6, 6.07) is 54.5. The number of aryl methyl sites for hydroxylation is 1. The molecular formula is C49H38BN2O. The highest BCUT2D eigenvalue weighted by atomic mass is 16.3. The van der Waals surface area contributed by atoms with E-state index >= 15 is 0 Å². The molecule has 0 aliphatic carbocycles. The summed E-state index contributed by atoms with van der Waals surface area (Å²) in [6.07, 6.45) is 0. The molecular weight excluding hydrogens is 643 g/mol. The van der Waals surface area contributed by atoms with Crippen molar-refractivity contribution in [2.75, 3.05) is 5.32 Å². The zero-order chi connectivity index (χ0) is 35.8. The van der Waals surface area contributed by atoms with Crippen LogP contribution in [0.5, 0.6) is 0 Å². The van der Waals surface area contributed by atoms with E-state index in [0.717, 1.165) is 55.9 Å². The molecule has 1 radical (unpaired) electrons. The van der Waals surface area contributed by atoms with E-state index in [1.54, 1.807) is 0 Å². The van der Waals surface area contributed by atoms with Gasteiger partial charge < -0.3 is 14.3 Å². The maximum absolute atomic E-state index is 6.85. The predicted molar refractivity (Wildman–Crippen MR) is 225 cm³/mol. The van der Waals surface area contributed by atoms with E-state index in [4.69, 9.17) is 4.42 Å². The van der Waals surface area contributed by atoms with Crippen LogP contribution in [0.3, 0.4) is 0 Å². The lowest BCUT2D eigenvalue weighted by Gasteiger charge is -2.24. The topological polar surface area (TPSA) is 30.1 Å². The molecule has 0 saturated carbocycles. The Bertz CT molecular complexity index is 2860. The van der Waals surface area contributed by atoms with Gasteiger partial charge in [0.25, 0.3) is 0 Å². The lowest BCUT2D eigenvalue weighted by Crippen LogP contribution is -2.37. The number of fused-ring (bicyclic) bond motifs is 6. The summed E-state index contributed by atoms with van der Waals surface area (Å²) in [5.41, 5.74) is 17.4. The largest absolute Gasteiger partial charge is 0.455 e. The number of para-hydroxylation sites is 2. The minimum atomic E-state index is 0.101. The van der Waals surface area contributed by atoms with E-state index < -0.39 is 0 Å². The molecule has 253 valence electrons. The van der Waals surface area contributed by atoms with E-state index in [0.29, 0.717) is 0 Å². The van der Waals surface area contributed by atoms with Crippen molar-refractivity contribution in [1.29, 1.82) is 0 Å². The molecule has 0 amide bonds. The van der Waals surface area contributed by atoms with E-state index in [1.165, 1.54) is 49.5 Å². The molecule has 1 N–H and O–H groups in total. The van der Waals surface area contributed by atoms with Gasteiger partial charge in [0.2, 0.25) is 0 Å². The van der Waals surface area contributed by atoms with Gasteiger partial charge in [0.1, 0.15) is 11.3 Å². The summed E-state index contributed by atoms with van der Waals surface area (Å²) in [6.45, 7) is 9.02. The second-order valence-corrected chi connectivity index (χ2v) is 15.3. The highest BCUT2D eigenvalue weighted by Gasteiger charge is 2.29. The van der Waals surface area contributed by atoms with Gasteiger partial charge in [0, 0.05) is 55.4 Å².